The first kappa shape index (κ1) is 10.9. The minimum atomic E-state index is 0.703. The third-order valence-electron chi connectivity index (χ3n) is 1.91. The Morgan fingerprint density at radius 1 is 0.909 bits per heavy atom. The molecule has 1 saturated carbocycles. The van der Waals surface area contributed by atoms with Gasteiger partial charge in [0, 0.05) is 14.2 Å². The normalized spacial score (nSPS) is 31.6. The summed E-state index contributed by atoms with van der Waals surface area (Å²) in [4.78, 5) is 0. The Kier molecular flexibility index (Phi) is 6.51. The van der Waals surface area contributed by atoms with E-state index < -0.39 is 0 Å². The van der Waals surface area contributed by atoms with Crippen molar-refractivity contribution in [3.8, 4) is 0 Å². The molecule has 0 aromatic carbocycles. The van der Waals surface area contributed by atoms with Crippen molar-refractivity contribution in [3.05, 3.63) is 0 Å². The standard InChI is InChI=1S/C6H10O.2CH4O/c1-2-4-6-5(3-1)7-6;2*1-2/h5-6H,1-4H2;2*2H,1H3. The molecule has 0 aromatic rings. The van der Waals surface area contributed by atoms with Gasteiger partial charge in [0.25, 0.3) is 0 Å². The summed E-state index contributed by atoms with van der Waals surface area (Å²) in [7, 11) is 2.00. The fraction of sp³-hybridized carbons (Fsp3) is 1.00. The molecule has 0 bridgehead atoms. The van der Waals surface area contributed by atoms with Crippen molar-refractivity contribution in [3.63, 3.8) is 0 Å². The molecule has 2 rings (SSSR count). The lowest BCUT2D eigenvalue weighted by molar-refractivity contribution is 0.373. The van der Waals surface area contributed by atoms with E-state index in [9.17, 15) is 0 Å². The molecule has 11 heavy (non-hydrogen) atoms. The van der Waals surface area contributed by atoms with E-state index in [0.717, 1.165) is 14.2 Å². The largest absolute Gasteiger partial charge is 0.400 e. The second-order valence-corrected chi connectivity index (χ2v) is 2.50. The average molecular weight is 162 g/mol. The number of hydrogen-bond donors (Lipinski definition) is 2. The molecular formula is C8H18O3. The Morgan fingerprint density at radius 3 is 1.55 bits per heavy atom. The van der Waals surface area contributed by atoms with Crippen LogP contribution in [-0.4, -0.2) is 36.6 Å². The van der Waals surface area contributed by atoms with Crippen LogP contribution in [0.25, 0.3) is 0 Å². The van der Waals surface area contributed by atoms with Gasteiger partial charge in [-0.05, 0) is 12.8 Å². The summed E-state index contributed by atoms with van der Waals surface area (Å²) in [6, 6.07) is 0. The number of epoxide rings is 1. The van der Waals surface area contributed by atoms with Crippen LogP contribution in [0.1, 0.15) is 25.7 Å². The molecule has 0 radical (unpaired) electrons. The first-order valence-corrected chi connectivity index (χ1v) is 4.02. The van der Waals surface area contributed by atoms with Crippen molar-refractivity contribution in [2.45, 2.75) is 37.9 Å². The second kappa shape index (κ2) is 6.58. The van der Waals surface area contributed by atoms with E-state index in [1.54, 1.807) is 0 Å². The maximum atomic E-state index is 7.00. The Labute approximate surface area is 68.0 Å². The van der Waals surface area contributed by atoms with Gasteiger partial charge in [0.1, 0.15) is 0 Å². The van der Waals surface area contributed by atoms with Crippen LogP contribution in [0.2, 0.25) is 0 Å². The molecule has 2 fully saturated rings. The number of fused-ring (bicyclic) bond motifs is 1. The minimum absolute atomic E-state index is 0.703. The maximum Gasteiger partial charge on any atom is 0.0841 e. The van der Waals surface area contributed by atoms with Gasteiger partial charge in [-0.25, -0.2) is 0 Å². The summed E-state index contributed by atoms with van der Waals surface area (Å²) in [5.41, 5.74) is 0. The molecule has 1 heterocycles. The van der Waals surface area contributed by atoms with Crippen LogP contribution in [0.3, 0.4) is 0 Å². The van der Waals surface area contributed by atoms with Crippen molar-refractivity contribution < 1.29 is 14.9 Å². The molecule has 3 heteroatoms. The summed E-state index contributed by atoms with van der Waals surface area (Å²) < 4.78 is 5.28. The lowest BCUT2D eigenvalue weighted by Crippen LogP contribution is -2.00. The molecule has 2 unspecified atom stereocenters. The van der Waals surface area contributed by atoms with Gasteiger partial charge in [-0.3, -0.25) is 0 Å². The molecular weight excluding hydrogens is 144 g/mol. The third-order valence-corrected chi connectivity index (χ3v) is 1.91. The number of aliphatic hydroxyl groups excluding tert-OH is 2. The molecule has 2 N–H and O–H groups in total. The SMILES string of the molecule is C1CCC2OC2C1.CO.CO. The van der Waals surface area contributed by atoms with Crippen LogP contribution in [0.5, 0.6) is 0 Å². The van der Waals surface area contributed by atoms with Crippen LogP contribution in [-0.2, 0) is 4.74 Å². The van der Waals surface area contributed by atoms with E-state index >= 15 is 0 Å². The molecule has 0 amide bonds. The lowest BCUT2D eigenvalue weighted by atomic mass is 10.0. The van der Waals surface area contributed by atoms with Crippen LogP contribution < -0.4 is 0 Å². The number of ether oxygens (including phenoxy) is 1. The molecule has 3 nitrogen and oxygen atoms in total. The summed E-state index contributed by atoms with van der Waals surface area (Å²) in [5, 5.41) is 14.0. The van der Waals surface area contributed by atoms with Crippen molar-refractivity contribution >= 4 is 0 Å². The number of rotatable bonds is 0. The zero-order chi connectivity index (χ0) is 8.69. The first-order chi connectivity index (χ1) is 5.47. The lowest BCUT2D eigenvalue weighted by Gasteiger charge is -2.00. The van der Waals surface area contributed by atoms with Crippen molar-refractivity contribution in [2.75, 3.05) is 14.2 Å². The van der Waals surface area contributed by atoms with Gasteiger partial charge < -0.3 is 14.9 Å². The van der Waals surface area contributed by atoms with E-state index in [1.807, 2.05) is 0 Å². The number of hydrogen-bond acceptors (Lipinski definition) is 3. The topological polar surface area (TPSA) is 53.0 Å². The second-order valence-electron chi connectivity index (χ2n) is 2.50. The van der Waals surface area contributed by atoms with E-state index in [4.69, 9.17) is 14.9 Å². The fourth-order valence-electron chi connectivity index (χ4n) is 1.38. The molecule has 0 spiro atoms. The zero-order valence-corrected chi connectivity index (χ0v) is 7.29. The highest BCUT2D eigenvalue weighted by Gasteiger charge is 2.39. The van der Waals surface area contributed by atoms with Crippen LogP contribution >= 0.6 is 0 Å². The fourth-order valence-corrected chi connectivity index (χ4v) is 1.38. The smallest absolute Gasteiger partial charge is 0.0841 e. The Balaban J connectivity index is 0.000000222. The van der Waals surface area contributed by atoms with Crippen LogP contribution in [0.15, 0.2) is 0 Å². The summed E-state index contributed by atoms with van der Waals surface area (Å²) >= 11 is 0. The Bertz CT molecular complexity index is 75.4. The maximum absolute atomic E-state index is 7.00. The van der Waals surface area contributed by atoms with Gasteiger partial charge >= 0.3 is 0 Å². The molecule has 2 atom stereocenters. The quantitative estimate of drug-likeness (QED) is 0.511. The van der Waals surface area contributed by atoms with Crippen molar-refractivity contribution in [1.29, 1.82) is 0 Å². The van der Waals surface area contributed by atoms with Gasteiger partial charge in [0.2, 0.25) is 0 Å². The van der Waals surface area contributed by atoms with E-state index in [-0.39, 0.29) is 0 Å². The summed E-state index contributed by atoms with van der Waals surface area (Å²) in [6.45, 7) is 0. The van der Waals surface area contributed by atoms with E-state index in [1.165, 1.54) is 25.7 Å². The van der Waals surface area contributed by atoms with Gasteiger partial charge in [-0.15, -0.1) is 0 Å². The van der Waals surface area contributed by atoms with E-state index in [2.05, 4.69) is 0 Å². The number of aliphatic hydroxyl groups is 2. The van der Waals surface area contributed by atoms with Gasteiger partial charge in [0.15, 0.2) is 0 Å². The molecule has 1 aliphatic carbocycles. The predicted octanol–water partition coefficient (Wildman–Crippen LogP) is 0.545. The summed E-state index contributed by atoms with van der Waals surface area (Å²) in [6.07, 6.45) is 6.89. The zero-order valence-electron chi connectivity index (χ0n) is 7.29. The van der Waals surface area contributed by atoms with Crippen LogP contribution in [0.4, 0.5) is 0 Å². The van der Waals surface area contributed by atoms with Crippen molar-refractivity contribution in [1.82, 2.24) is 0 Å². The first-order valence-electron chi connectivity index (χ1n) is 4.02. The third kappa shape index (κ3) is 3.70. The monoisotopic (exact) mass is 162 g/mol. The summed E-state index contributed by atoms with van der Waals surface area (Å²) in [5.74, 6) is 0. The molecule has 1 aliphatic heterocycles. The average Bonchev–Trinajstić information content (AvgIpc) is 2.90. The van der Waals surface area contributed by atoms with Gasteiger partial charge in [-0.1, -0.05) is 12.8 Å². The van der Waals surface area contributed by atoms with Crippen LogP contribution in [0, 0.1) is 0 Å². The molecule has 68 valence electrons. The van der Waals surface area contributed by atoms with Gasteiger partial charge in [0.05, 0.1) is 12.2 Å². The molecule has 0 aromatic heterocycles. The van der Waals surface area contributed by atoms with Crippen molar-refractivity contribution in [2.24, 2.45) is 0 Å². The Morgan fingerprint density at radius 2 is 1.27 bits per heavy atom. The molecule has 2 aliphatic rings. The molecule has 1 saturated heterocycles. The predicted molar refractivity (Wildman–Crippen MR) is 43.4 cm³/mol. The van der Waals surface area contributed by atoms with E-state index in [0.29, 0.717) is 12.2 Å². The highest BCUT2D eigenvalue weighted by molar-refractivity contribution is 4.87. The minimum Gasteiger partial charge on any atom is -0.400 e. The van der Waals surface area contributed by atoms with Gasteiger partial charge in [-0.2, -0.15) is 0 Å². The Hall–Kier alpha value is -0.120. The highest BCUT2D eigenvalue weighted by atomic mass is 16.6. The highest BCUT2D eigenvalue weighted by Crippen LogP contribution is 2.35.